The second kappa shape index (κ2) is 10.2. The van der Waals surface area contributed by atoms with Gasteiger partial charge in [-0.25, -0.2) is 0 Å². The van der Waals surface area contributed by atoms with Crippen molar-refractivity contribution < 1.29 is 14.1 Å². The van der Waals surface area contributed by atoms with Gasteiger partial charge in [0.1, 0.15) is 0 Å². The first kappa shape index (κ1) is 24.2. The number of carbonyl (C=O) groups excluding carboxylic acids is 2. The lowest BCUT2D eigenvalue weighted by Gasteiger charge is -2.40. The second-order valence-electron chi connectivity index (χ2n) is 9.80. The fourth-order valence-electron chi connectivity index (χ4n) is 5.28. The van der Waals surface area contributed by atoms with Crippen LogP contribution in [-0.2, 0) is 16.0 Å². The molecule has 0 radical (unpaired) electrons. The zero-order valence-corrected chi connectivity index (χ0v) is 21.2. The first-order chi connectivity index (χ1) is 17.4. The minimum absolute atomic E-state index is 0.0190. The highest BCUT2D eigenvalue weighted by atomic mass is 16.5. The van der Waals surface area contributed by atoms with Gasteiger partial charge in [-0.2, -0.15) is 4.98 Å². The van der Waals surface area contributed by atoms with E-state index in [2.05, 4.69) is 34.1 Å². The molecular formula is C28H33N5O3. The number of hydrogen-bond acceptors (Lipinski definition) is 6. The number of piperazine rings is 1. The van der Waals surface area contributed by atoms with Crippen LogP contribution in [0.2, 0.25) is 0 Å². The Kier molecular flexibility index (Phi) is 6.87. The maximum Gasteiger partial charge on any atom is 0.244 e. The number of carbonyl (C=O) groups is 2. The van der Waals surface area contributed by atoms with Crippen LogP contribution < -0.4 is 0 Å². The van der Waals surface area contributed by atoms with Crippen LogP contribution in [0.3, 0.4) is 0 Å². The summed E-state index contributed by atoms with van der Waals surface area (Å²) in [6.45, 7) is 9.09. The summed E-state index contributed by atoms with van der Waals surface area (Å²) in [4.78, 5) is 36.3. The van der Waals surface area contributed by atoms with Crippen molar-refractivity contribution in [3.63, 3.8) is 0 Å². The molecule has 2 unspecified atom stereocenters. The number of aromatic nitrogens is 2. The van der Waals surface area contributed by atoms with Crippen molar-refractivity contribution in [3.8, 4) is 11.4 Å². The largest absolute Gasteiger partial charge is 0.340 e. The molecule has 3 heterocycles. The summed E-state index contributed by atoms with van der Waals surface area (Å²) in [5.41, 5.74) is 4.45. The predicted molar refractivity (Wildman–Crippen MR) is 136 cm³/mol. The minimum atomic E-state index is -0.199. The van der Waals surface area contributed by atoms with E-state index in [1.165, 1.54) is 11.1 Å². The summed E-state index contributed by atoms with van der Waals surface area (Å²) < 4.78 is 5.59. The number of hydrogen-bond donors (Lipinski definition) is 0. The van der Waals surface area contributed by atoms with Gasteiger partial charge in [0.2, 0.25) is 23.5 Å². The summed E-state index contributed by atoms with van der Waals surface area (Å²) >= 11 is 0. The van der Waals surface area contributed by atoms with Gasteiger partial charge in [-0.05, 0) is 31.4 Å². The van der Waals surface area contributed by atoms with Crippen LogP contribution in [0.25, 0.3) is 11.4 Å². The van der Waals surface area contributed by atoms with Gasteiger partial charge >= 0.3 is 0 Å². The van der Waals surface area contributed by atoms with Crippen molar-refractivity contribution in [2.24, 2.45) is 0 Å². The molecule has 8 heteroatoms. The van der Waals surface area contributed by atoms with Crippen molar-refractivity contribution in [2.45, 2.75) is 45.7 Å². The highest BCUT2D eigenvalue weighted by Crippen LogP contribution is 2.33. The average molecular weight is 488 g/mol. The first-order valence-electron chi connectivity index (χ1n) is 12.7. The molecule has 36 heavy (non-hydrogen) atoms. The van der Waals surface area contributed by atoms with Gasteiger partial charge in [0.15, 0.2) is 0 Å². The van der Waals surface area contributed by atoms with Crippen molar-refractivity contribution in [1.29, 1.82) is 0 Å². The molecule has 1 saturated heterocycles. The highest BCUT2D eigenvalue weighted by Gasteiger charge is 2.33. The van der Waals surface area contributed by atoms with Crippen molar-refractivity contribution in [2.75, 3.05) is 32.7 Å². The first-order valence-corrected chi connectivity index (χ1v) is 12.7. The van der Waals surface area contributed by atoms with Crippen LogP contribution in [0.5, 0.6) is 0 Å². The number of aryl methyl sites for hydroxylation is 1. The molecule has 188 valence electrons. The molecule has 0 bridgehead atoms. The van der Waals surface area contributed by atoms with E-state index in [4.69, 9.17) is 4.52 Å². The van der Waals surface area contributed by atoms with Gasteiger partial charge in [0.05, 0.1) is 18.5 Å². The van der Waals surface area contributed by atoms with Gasteiger partial charge in [-0.15, -0.1) is 0 Å². The lowest BCUT2D eigenvalue weighted by Crippen LogP contribution is -2.50. The fourth-order valence-corrected chi connectivity index (χ4v) is 5.28. The van der Waals surface area contributed by atoms with Crippen LogP contribution in [0, 0.1) is 6.92 Å². The van der Waals surface area contributed by atoms with Gasteiger partial charge in [-0.1, -0.05) is 59.3 Å². The molecule has 8 nitrogen and oxygen atoms in total. The topological polar surface area (TPSA) is 82.8 Å². The van der Waals surface area contributed by atoms with Crippen LogP contribution in [0.1, 0.15) is 54.9 Å². The monoisotopic (exact) mass is 487 g/mol. The minimum Gasteiger partial charge on any atom is -0.340 e. The van der Waals surface area contributed by atoms with Gasteiger partial charge in [0, 0.05) is 45.2 Å². The molecular weight excluding hydrogens is 454 g/mol. The van der Waals surface area contributed by atoms with Crippen LogP contribution in [-0.4, -0.2) is 69.4 Å². The van der Waals surface area contributed by atoms with Gasteiger partial charge in [0.25, 0.3) is 0 Å². The number of rotatable bonds is 5. The van der Waals surface area contributed by atoms with E-state index in [0.717, 1.165) is 30.6 Å². The van der Waals surface area contributed by atoms with E-state index < -0.39 is 0 Å². The molecule has 0 N–H and O–H groups in total. The summed E-state index contributed by atoms with van der Waals surface area (Å²) in [5, 5.41) is 4.17. The lowest BCUT2D eigenvalue weighted by atomic mass is 9.90. The van der Waals surface area contributed by atoms with E-state index >= 15 is 0 Å². The zero-order valence-electron chi connectivity index (χ0n) is 21.2. The zero-order chi connectivity index (χ0) is 25.2. The Morgan fingerprint density at radius 2 is 1.75 bits per heavy atom. The molecule has 3 aromatic rings. The van der Waals surface area contributed by atoms with Crippen LogP contribution >= 0.6 is 0 Å². The number of amides is 2. The SMILES string of the molecule is CC(=O)N1CCc2ccccc2C1CC(=O)N1CCN(C(C)c2nc(-c3ccc(C)cc3)no2)CC1. The molecule has 2 aliphatic rings. The normalized spacial score (nSPS) is 19.1. The van der Waals surface area contributed by atoms with E-state index in [-0.39, 0.29) is 23.9 Å². The number of nitrogens with zero attached hydrogens (tertiary/aromatic N) is 5. The average Bonchev–Trinajstić information content (AvgIpc) is 3.39. The second-order valence-corrected chi connectivity index (χ2v) is 9.80. The Labute approximate surface area is 211 Å². The molecule has 0 spiro atoms. The van der Waals surface area contributed by atoms with Crippen molar-refractivity contribution in [1.82, 2.24) is 24.8 Å². The Morgan fingerprint density at radius 3 is 2.47 bits per heavy atom. The maximum atomic E-state index is 13.3. The van der Waals surface area contributed by atoms with E-state index in [1.807, 2.05) is 53.1 Å². The van der Waals surface area contributed by atoms with Gasteiger partial charge < -0.3 is 14.3 Å². The molecule has 5 rings (SSSR count). The van der Waals surface area contributed by atoms with E-state index in [9.17, 15) is 9.59 Å². The molecule has 2 atom stereocenters. The van der Waals surface area contributed by atoms with Crippen LogP contribution in [0.15, 0.2) is 53.1 Å². The van der Waals surface area contributed by atoms with Crippen molar-refractivity contribution in [3.05, 3.63) is 71.1 Å². The Hall–Kier alpha value is -3.52. The predicted octanol–water partition coefficient (Wildman–Crippen LogP) is 3.79. The summed E-state index contributed by atoms with van der Waals surface area (Å²) in [7, 11) is 0. The molecule has 2 aliphatic heterocycles. The highest BCUT2D eigenvalue weighted by molar-refractivity contribution is 5.80. The smallest absolute Gasteiger partial charge is 0.244 e. The van der Waals surface area contributed by atoms with Gasteiger partial charge in [-0.3, -0.25) is 14.5 Å². The quantitative estimate of drug-likeness (QED) is 0.545. The maximum absolute atomic E-state index is 13.3. The summed E-state index contributed by atoms with van der Waals surface area (Å²) in [5.74, 6) is 1.29. The van der Waals surface area contributed by atoms with Crippen molar-refractivity contribution >= 4 is 11.8 Å². The Balaban J connectivity index is 1.20. The molecule has 0 saturated carbocycles. The lowest BCUT2D eigenvalue weighted by molar-refractivity contribution is -0.138. The van der Waals surface area contributed by atoms with E-state index in [1.54, 1.807) is 6.92 Å². The fraction of sp³-hybridized carbons (Fsp3) is 0.429. The Bertz CT molecular complexity index is 1230. The molecule has 0 aliphatic carbocycles. The Morgan fingerprint density at radius 1 is 1.03 bits per heavy atom. The molecule has 2 aromatic carbocycles. The molecule has 2 amide bonds. The number of benzene rings is 2. The molecule has 1 aromatic heterocycles. The summed E-state index contributed by atoms with van der Waals surface area (Å²) in [6, 6.07) is 16.0. The third-order valence-corrected chi connectivity index (χ3v) is 7.51. The molecule has 1 fully saturated rings. The third kappa shape index (κ3) is 4.91. The summed E-state index contributed by atoms with van der Waals surface area (Å²) in [6.07, 6.45) is 1.15. The van der Waals surface area contributed by atoms with Crippen LogP contribution in [0.4, 0.5) is 0 Å². The standard InChI is InChI=1S/C28H33N5O3/c1-19-8-10-23(11-9-19)27-29-28(36-30-27)20(2)31-14-16-32(17-15-31)26(35)18-25-24-7-5-4-6-22(24)12-13-33(25)21(3)34/h4-11,20,25H,12-18H2,1-3H3. The number of fused-ring (bicyclic) bond motifs is 1. The van der Waals surface area contributed by atoms with E-state index in [0.29, 0.717) is 37.8 Å². The third-order valence-electron chi connectivity index (χ3n) is 7.51.